The average Bonchev–Trinajstić information content (AvgIpc) is 3.64. The number of nitrogens with zero attached hydrogens (tertiary/aromatic N) is 2. The maximum atomic E-state index is 14.0. The Morgan fingerprint density at radius 2 is 1.98 bits per heavy atom. The summed E-state index contributed by atoms with van der Waals surface area (Å²) in [7, 11) is 1.51. The summed E-state index contributed by atoms with van der Waals surface area (Å²) < 4.78 is 31.8. The molecule has 10 heteroatoms. The summed E-state index contributed by atoms with van der Waals surface area (Å²) >= 11 is 1.09. The standard InChI is InChI=1S/C32H29FN2O6S/c1-4-5-12-40-24-11-6-18(15-25(24)39-3)28-27(29(36)19-7-10-23-20(14-19)13-17(2)41-23)30(37)31(38)35(28)32-34-22-9-8-21(33)16-26(22)42-32/h6-11,14-17,28,36H,4-5,12-13H2,1-3H3/b29-27+/t17-,28-/m1/s1. The van der Waals surface area contributed by atoms with Crippen molar-refractivity contribution in [3.8, 4) is 17.2 Å². The second-order valence-electron chi connectivity index (χ2n) is 10.3. The Bertz CT molecular complexity index is 1750. The molecule has 4 aromatic rings. The lowest BCUT2D eigenvalue weighted by Gasteiger charge is -2.24. The third kappa shape index (κ3) is 4.85. The van der Waals surface area contributed by atoms with E-state index >= 15 is 0 Å². The van der Waals surface area contributed by atoms with Gasteiger partial charge in [0, 0.05) is 12.0 Å². The molecule has 0 radical (unpaired) electrons. The van der Waals surface area contributed by atoms with E-state index in [2.05, 4.69) is 11.9 Å². The van der Waals surface area contributed by atoms with Crippen LogP contribution in [0.2, 0.25) is 0 Å². The number of amides is 1. The number of methoxy groups -OCH3 is 1. The molecule has 6 rings (SSSR count). The van der Waals surface area contributed by atoms with Crippen LogP contribution in [0.25, 0.3) is 16.0 Å². The molecule has 0 aliphatic carbocycles. The first-order valence-corrected chi connectivity index (χ1v) is 14.6. The fourth-order valence-electron chi connectivity index (χ4n) is 5.36. The molecule has 0 spiro atoms. The van der Waals surface area contributed by atoms with Crippen LogP contribution in [0.4, 0.5) is 9.52 Å². The van der Waals surface area contributed by atoms with Crippen molar-refractivity contribution < 1.29 is 33.3 Å². The first-order chi connectivity index (χ1) is 20.3. The third-order valence-electron chi connectivity index (χ3n) is 7.42. The van der Waals surface area contributed by atoms with Crippen LogP contribution in [0, 0.1) is 5.82 Å². The molecule has 1 aromatic heterocycles. The number of anilines is 1. The number of Topliss-reactive ketones (excluding diaryl/α,β-unsaturated/α-hetero) is 1. The minimum Gasteiger partial charge on any atom is -0.507 e. The first kappa shape index (κ1) is 27.7. The van der Waals surface area contributed by atoms with Gasteiger partial charge < -0.3 is 19.3 Å². The van der Waals surface area contributed by atoms with Crippen molar-refractivity contribution in [3.63, 3.8) is 0 Å². The Hall–Kier alpha value is -4.44. The molecule has 8 nitrogen and oxygen atoms in total. The number of unbranched alkanes of at least 4 members (excludes halogenated alkanes) is 1. The van der Waals surface area contributed by atoms with E-state index in [1.165, 1.54) is 30.2 Å². The number of hydrogen-bond donors (Lipinski definition) is 1. The van der Waals surface area contributed by atoms with Crippen LogP contribution in [-0.4, -0.2) is 41.6 Å². The predicted molar refractivity (Wildman–Crippen MR) is 158 cm³/mol. The number of halogens is 1. The van der Waals surface area contributed by atoms with E-state index in [9.17, 15) is 19.1 Å². The Labute approximate surface area is 246 Å². The summed E-state index contributed by atoms with van der Waals surface area (Å²) in [5.74, 6) is -0.774. The Morgan fingerprint density at radius 1 is 1.14 bits per heavy atom. The summed E-state index contributed by atoms with van der Waals surface area (Å²) in [5.41, 5.74) is 2.22. The van der Waals surface area contributed by atoms with Crippen LogP contribution in [0.3, 0.4) is 0 Å². The summed E-state index contributed by atoms with van der Waals surface area (Å²) in [6.07, 6.45) is 2.49. The molecule has 2 atom stereocenters. The number of benzene rings is 3. The number of aliphatic hydroxyl groups excluding tert-OH is 1. The largest absolute Gasteiger partial charge is 0.507 e. The van der Waals surface area contributed by atoms with Crippen molar-refractivity contribution in [2.45, 2.75) is 45.3 Å². The molecule has 0 saturated carbocycles. The Balaban J connectivity index is 1.51. The van der Waals surface area contributed by atoms with Crippen LogP contribution in [0.5, 0.6) is 17.2 Å². The van der Waals surface area contributed by atoms with E-state index < -0.39 is 23.5 Å². The van der Waals surface area contributed by atoms with Crippen LogP contribution in [-0.2, 0) is 16.0 Å². The smallest absolute Gasteiger partial charge is 0.301 e. The van der Waals surface area contributed by atoms with Gasteiger partial charge in [-0.15, -0.1) is 0 Å². The predicted octanol–water partition coefficient (Wildman–Crippen LogP) is 6.57. The highest BCUT2D eigenvalue weighted by Gasteiger charge is 2.48. The normalized spacial score (nSPS) is 19.3. The van der Waals surface area contributed by atoms with E-state index in [0.717, 1.165) is 35.5 Å². The molecule has 0 unspecified atom stereocenters. The van der Waals surface area contributed by atoms with Gasteiger partial charge in [-0.25, -0.2) is 9.37 Å². The minimum atomic E-state index is -1.03. The van der Waals surface area contributed by atoms with Gasteiger partial charge in [0.25, 0.3) is 5.78 Å². The van der Waals surface area contributed by atoms with E-state index in [4.69, 9.17) is 14.2 Å². The summed E-state index contributed by atoms with van der Waals surface area (Å²) in [6.45, 7) is 4.53. The van der Waals surface area contributed by atoms with Gasteiger partial charge in [0.15, 0.2) is 16.6 Å². The molecular formula is C32H29FN2O6S. The molecule has 3 heterocycles. The van der Waals surface area contributed by atoms with Crippen LogP contribution in [0.15, 0.2) is 60.2 Å². The molecule has 1 fully saturated rings. The van der Waals surface area contributed by atoms with Gasteiger partial charge in [-0.1, -0.05) is 30.7 Å². The molecule has 1 amide bonds. The molecule has 2 aliphatic rings. The van der Waals surface area contributed by atoms with Crippen molar-refractivity contribution in [1.82, 2.24) is 4.98 Å². The number of aromatic nitrogens is 1. The molecule has 42 heavy (non-hydrogen) atoms. The van der Waals surface area contributed by atoms with Crippen molar-refractivity contribution in [2.24, 2.45) is 0 Å². The van der Waals surface area contributed by atoms with Crippen molar-refractivity contribution in [2.75, 3.05) is 18.6 Å². The van der Waals surface area contributed by atoms with Gasteiger partial charge in [-0.3, -0.25) is 14.5 Å². The Morgan fingerprint density at radius 3 is 2.76 bits per heavy atom. The summed E-state index contributed by atoms with van der Waals surface area (Å²) in [4.78, 5) is 33.1. The van der Waals surface area contributed by atoms with Crippen molar-refractivity contribution in [3.05, 3.63) is 82.7 Å². The van der Waals surface area contributed by atoms with E-state index in [0.29, 0.717) is 45.9 Å². The molecule has 216 valence electrons. The van der Waals surface area contributed by atoms with Crippen LogP contribution in [0.1, 0.15) is 49.4 Å². The SMILES string of the molecule is CCCCOc1ccc([C@@H]2/C(=C(\O)c3ccc4c(c3)C[C@@H](C)O4)C(=O)C(=O)N2c2nc3ccc(F)cc3s2)cc1OC. The van der Waals surface area contributed by atoms with E-state index in [1.807, 2.05) is 6.92 Å². The van der Waals surface area contributed by atoms with Gasteiger partial charge in [0.1, 0.15) is 23.4 Å². The topological polar surface area (TPSA) is 98.2 Å². The summed E-state index contributed by atoms with van der Waals surface area (Å²) in [6, 6.07) is 13.5. The van der Waals surface area contributed by atoms with Gasteiger partial charge in [-0.2, -0.15) is 0 Å². The van der Waals surface area contributed by atoms with Crippen LogP contribution < -0.4 is 19.1 Å². The highest BCUT2D eigenvalue weighted by Crippen LogP contribution is 2.46. The number of aliphatic hydroxyl groups is 1. The Kier molecular flexibility index (Phi) is 7.32. The van der Waals surface area contributed by atoms with Crippen molar-refractivity contribution in [1.29, 1.82) is 0 Å². The second-order valence-corrected chi connectivity index (χ2v) is 11.4. The number of carbonyl (C=O) groups is 2. The third-order valence-corrected chi connectivity index (χ3v) is 8.44. The molecule has 1 N–H and O–H groups in total. The van der Waals surface area contributed by atoms with Gasteiger partial charge in [0.05, 0.1) is 35.5 Å². The van der Waals surface area contributed by atoms with Gasteiger partial charge in [-0.05, 0) is 73.0 Å². The molecule has 0 bridgehead atoms. The lowest BCUT2D eigenvalue weighted by Crippen LogP contribution is -2.29. The highest BCUT2D eigenvalue weighted by atomic mass is 32.1. The molecular weight excluding hydrogens is 559 g/mol. The molecule has 1 saturated heterocycles. The lowest BCUT2D eigenvalue weighted by molar-refractivity contribution is -0.132. The highest BCUT2D eigenvalue weighted by molar-refractivity contribution is 7.22. The maximum absolute atomic E-state index is 14.0. The van der Waals surface area contributed by atoms with Crippen molar-refractivity contribution >= 4 is 44.1 Å². The van der Waals surface area contributed by atoms with E-state index in [-0.39, 0.29) is 22.6 Å². The monoisotopic (exact) mass is 588 g/mol. The van der Waals surface area contributed by atoms with E-state index in [1.54, 1.807) is 36.4 Å². The number of fused-ring (bicyclic) bond motifs is 2. The second kappa shape index (κ2) is 11.1. The molecule has 3 aromatic carbocycles. The van der Waals surface area contributed by atoms with Crippen LogP contribution >= 0.6 is 11.3 Å². The number of ketones is 1. The lowest BCUT2D eigenvalue weighted by atomic mass is 9.94. The summed E-state index contributed by atoms with van der Waals surface area (Å²) in [5, 5.41) is 11.8. The number of carbonyl (C=O) groups excluding carboxylic acids is 2. The zero-order chi connectivity index (χ0) is 29.5. The maximum Gasteiger partial charge on any atom is 0.301 e. The number of hydrogen-bond acceptors (Lipinski definition) is 8. The number of thiazole rings is 1. The number of ether oxygens (including phenoxy) is 3. The zero-order valence-corrected chi connectivity index (χ0v) is 24.2. The fourth-order valence-corrected chi connectivity index (χ4v) is 6.38. The number of rotatable bonds is 8. The van der Waals surface area contributed by atoms with Gasteiger partial charge >= 0.3 is 5.91 Å². The van der Waals surface area contributed by atoms with Gasteiger partial charge in [0.2, 0.25) is 0 Å². The minimum absolute atomic E-state index is 0.00243. The fraction of sp³-hybridized carbons (Fsp3) is 0.281. The average molecular weight is 589 g/mol. The quantitative estimate of drug-likeness (QED) is 0.108. The zero-order valence-electron chi connectivity index (χ0n) is 23.3. The first-order valence-electron chi connectivity index (χ1n) is 13.8. The molecule has 2 aliphatic heterocycles.